The summed E-state index contributed by atoms with van der Waals surface area (Å²) in [7, 11) is -10.0. The van der Waals surface area contributed by atoms with Gasteiger partial charge in [0, 0.05) is 12.4 Å². The van der Waals surface area contributed by atoms with E-state index in [0.29, 0.717) is 0 Å². The molecule has 0 saturated heterocycles. The predicted molar refractivity (Wildman–Crippen MR) is 190 cm³/mol. The molecule has 6 aromatic rings. The number of aromatic carboxylic acids is 2. The summed E-state index contributed by atoms with van der Waals surface area (Å²) >= 11 is 0. The number of aromatic hydroxyl groups is 2. The van der Waals surface area contributed by atoms with Crippen molar-refractivity contribution in [2.75, 3.05) is 0 Å². The molecule has 22 nitrogen and oxygen atoms in total. The second kappa shape index (κ2) is 15.1. The van der Waals surface area contributed by atoms with Gasteiger partial charge in [0.25, 0.3) is 20.2 Å². The molecule has 284 valence electrons. The van der Waals surface area contributed by atoms with Gasteiger partial charge in [-0.15, -0.1) is 10.2 Å². The molecule has 56 heavy (non-hydrogen) atoms. The van der Waals surface area contributed by atoms with Crippen molar-refractivity contribution < 1.29 is 56.0 Å². The Bertz CT molecular complexity index is 2650. The van der Waals surface area contributed by atoms with Gasteiger partial charge in [-0.05, 0) is 59.7 Å². The van der Waals surface area contributed by atoms with E-state index in [9.17, 15) is 56.0 Å². The normalized spacial score (nSPS) is 12.2. The van der Waals surface area contributed by atoms with Crippen molar-refractivity contribution in [3.05, 3.63) is 108 Å². The van der Waals surface area contributed by atoms with Crippen molar-refractivity contribution >= 4 is 67.1 Å². The number of rotatable bonds is 12. The largest absolute Gasteiger partial charge is 0.492 e. The molecule has 6 N–H and O–H groups in total. The second-order valence-electron chi connectivity index (χ2n) is 11.0. The maximum atomic E-state index is 12.4. The highest BCUT2D eigenvalue weighted by atomic mass is 32.2. The van der Waals surface area contributed by atoms with Gasteiger partial charge in [-0.25, -0.2) is 19.6 Å². The van der Waals surface area contributed by atoms with Gasteiger partial charge in [-0.3, -0.25) is 9.11 Å². The zero-order valence-electron chi connectivity index (χ0n) is 27.7. The standard InChI is InChI=1S/C32H22N10O12S2/c43-29-25(27(31(45)46)39-41(29)23-5-1-3-13-33-23)37-35-19-11-9-17(21(15-19)55(49,50)51)7-8-18-10-12-20(16-22(18)56(52,53)54)36-38-26-28(32(47)48)40-42(30(26)44)24-6-2-4-14-34-24/h1-16,43-44H,(H,45,46)(H,47,48)(H,49,50,51)(H,52,53,54). The molecule has 6 rings (SSSR count). The average Bonchev–Trinajstić information content (AvgIpc) is 3.68. The molecule has 24 heteroatoms. The number of nitrogens with zero attached hydrogens (tertiary/aromatic N) is 10. The van der Waals surface area contributed by atoms with Crippen LogP contribution in [0.4, 0.5) is 22.7 Å². The van der Waals surface area contributed by atoms with E-state index in [0.717, 1.165) is 45.8 Å². The third kappa shape index (κ3) is 8.01. The van der Waals surface area contributed by atoms with Crippen molar-refractivity contribution in [2.45, 2.75) is 9.79 Å². The van der Waals surface area contributed by atoms with Gasteiger partial charge in [0.2, 0.25) is 23.1 Å². The zero-order valence-corrected chi connectivity index (χ0v) is 29.3. The third-order valence-corrected chi connectivity index (χ3v) is 9.15. The van der Waals surface area contributed by atoms with Crippen LogP contribution in [0.25, 0.3) is 23.8 Å². The van der Waals surface area contributed by atoms with Gasteiger partial charge in [0.15, 0.2) is 23.0 Å². The first-order valence-corrected chi connectivity index (χ1v) is 18.1. The lowest BCUT2D eigenvalue weighted by Crippen LogP contribution is -2.02. The van der Waals surface area contributed by atoms with E-state index in [1.165, 1.54) is 36.7 Å². The van der Waals surface area contributed by atoms with Crippen molar-refractivity contribution in [3.8, 4) is 23.4 Å². The minimum absolute atomic E-state index is 0.0507. The molecule has 2 aromatic carbocycles. The number of hydrogen-bond donors (Lipinski definition) is 6. The molecule has 0 unspecified atom stereocenters. The quantitative estimate of drug-likeness (QED) is 0.0529. The molecule has 0 radical (unpaired) electrons. The number of carbonyl (C=O) groups is 2. The highest BCUT2D eigenvalue weighted by Gasteiger charge is 2.26. The Kier molecular flexibility index (Phi) is 10.3. The Morgan fingerprint density at radius 1 is 0.589 bits per heavy atom. The minimum atomic E-state index is -5.00. The summed E-state index contributed by atoms with van der Waals surface area (Å²) in [5, 5.41) is 63.1. The molecule has 0 bridgehead atoms. The van der Waals surface area contributed by atoms with Crippen molar-refractivity contribution in [1.82, 2.24) is 29.5 Å². The zero-order chi connectivity index (χ0) is 40.4. The van der Waals surface area contributed by atoms with Crippen LogP contribution in [0.5, 0.6) is 11.8 Å². The maximum Gasteiger partial charge on any atom is 0.358 e. The molecule has 0 atom stereocenters. The third-order valence-electron chi connectivity index (χ3n) is 7.33. The lowest BCUT2D eigenvalue weighted by Gasteiger charge is -2.06. The first kappa shape index (κ1) is 38.2. The summed E-state index contributed by atoms with van der Waals surface area (Å²) in [5.74, 6) is -4.56. The Morgan fingerprint density at radius 3 is 1.30 bits per heavy atom. The van der Waals surface area contributed by atoms with Gasteiger partial charge in [0.1, 0.15) is 9.79 Å². The highest BCUT2D eigenvalue weighted by Crippen LogP contribution is 2.36. The second-order valence-corrected chi connectivity index (χ2v) is 13.8. The molecule has 4 heterocycles. The maximum absolute atomic E-state index is 12.4. The van der Waals surface area contributed by atoms with Gasteiger partial charge in [-0.2, -0.15) is 46.6 Å². The Balaban J connectivity index is 1.32. The molecule has 0 saturated carbocycles. The van der Waals surface area contributed by atoms with Gasteiger partial charge >= 0.3 is 11.9 Å². The molecule has 0 amide bonds. The number of carboxylic acid groups (broad SMARTS) is 2. The van der Waals surface area contributed by atoms with E-state index in [1.54, 1.807) is 24.3 Å². The monoisotopic (exact) mass is 802 g/mol. The van der Waals surface area contributed by atoms with Gasteiger partial charge < -0.3 is 20.4 Å². The summed E-state index contributed by atoms with van der Waals surface area (Å²) < 4.78 is 71.0. The number of azo groups is 2. The molecular weight excluding hydrogens is 781 g/mol. The van der Waals surface area contributed by atoms with E-state index in [1.807, 2.05) is 0 Å². The SMILES string of the molecule is O=C(O)c1nn(-c2ccccn2)c(O)c1N=Nc1ccc(C=Cc2ccc(N=Nc3c(C(=O)O)nn(-c4ccccn4)c3O)cc2S(=O)(=O)O)c(S(=O)(=O)O)c1. The van der Waals surface area contributed by atoms with Crippen LogP contribution >= 0.6 is 0 Å². The molecule has 0 fully saturated rings. The van der Waals surface area contributed by atoms with E-state index < -0.39 is 76.5 Å². The van der Waals surface area contributed by atoms with Crippen LogP contribution in [0.1, 0.15) is 32.1 Å². The van der Waals surface area contributed by atoms with Gasteiger partial charge in [-0.1, -0.05) is 36.4 Å². The summed E-state index contributed by atoms with van der Waals surface area (Å²) in [6.07, 6.45) is 4.88. The van der Waals surface area contributed by atoms with Crippen LogP contribution in [-0.2, 0) is 20.2 Å². The Hall–Kier alpha value is -7.54. The molecule has 0 aliphatic rings. The summed E-state index contributed by atoms with van der Waals surface area (Å²) in [4.78, 5) is 30.1. The van der Waals surface area contributed by atoms with Crippen molar-refractivity contribution in [1.29, 1.82) is 0 Å². The van der Waals surface area contributed by atoms with Crippen molar-refractivity contribution in [2.24, 2.45) is 20.5 Å². The van der Waals surface area contributed by atoms with E-state index >= 15 is 0 Å². The first-order valence-electron chi connectivity index (χ1n) is 15.2. The molecular formula is C32H22N10O12S2. The number of carboxylic acids is 2. The average molecular weight is 803 g/mol. The van der Waals surface area contributed by atoms with E-state index in [2.05, 4.69) is 40.6 Å². The topological polar surface area (TPSA) is 335 Å². The lowest BCUT2D eigenvalue weighted by molar-refractivity contribution is 0.0680. The first-order chi connectivity index (χ1) is 26.5. The fourth-order valence-corrected chi connectivity index (χ4v) is 6.25. The number of pyridine rings is 2. The molecule has 0 aliphatic carbocycles. The Labute approximate surface area is 313 Å². The highest BCUT2D eigenvalue weighted by molar-refractivity contribution is 7.86. The van der Waals surface area contributed by atoms with Gasteiger partial charge in [0.05, 0.1) is 11.4 Å². The van der Waals surface area contributed by atoms with Crippen LogP contribution in [-0.4, -0.2) is 87.8 Å². The fraction of sp³-hybridized carbons (Fsp3) is 0. The molecule has 4 aromatic heterocycles. The smallest absolute Gasteiger partial charge is 0.358 e. The van der Waals surface area contributed by atoms with Crippen LogP contribution in [0.3, 0.4) is 0 Å². The number of benzene rings is 2. The predicted octanol–water partition coefficient (Wildman–Crippen LogP) is 5.15. The van der Waals surface area contributed by atoms with Crippen molar-refractivity contribution in [3.63, 3.8) is 0 Å². The number of hydrogen-bond acceptors (Lipinski definition) is 16. The lowest BCUT2D eigenvalue weighted by atomic mass is 10.1. The number of aromatic nitrogens is 6. The fourth-order valence-electron chi connectivity index (χ4n) is 4.84. The molecule has 0 aliphatic heterocycles. The minimum Gasteiger partial charge on any atom is -0.492 e. The Morgan fingerprint density at radius 2 is 0.982 bits per heavy atom. The van der Waals surface area contributed by atoms with Crippen LogP contribution in [0.2, 0.25) is 0 Å². The summed E-state index contributed by atoms with van der Waals surface area (Å²) in [5.41, 5.74) is -3.54. The van der Waals surface area contributed by atoms with Crippen LogP contribution < -0.4 is 0 Å². The summed E-state index contributed by atoms with van der Waals surface area (Å²) in [6, 6.07) is 15.5. The van der Waals surface area contributed by atoms with Crippen LogP contribution in [0, 0.1) is 0 Å². The molecule has 0 spiro atoms. The van der Waals surface area contributed by atoms with E-state index in [-0.39, 0.29) is 34.1 Å². The van der Waals surface area contributed by atoms with E-state index in [4.69, 9.17) is 0 Å². The van der Waals surface area contributed by atoms with Crippen LogP contribution in [0.15, 0.2) is 115 Å². The summed E-state index contributed by atoms with van der Waals surface area (Å²) in [6.45, 7) is 0.